The zero-order valence-electron chi connectivity index (χ0n) is 8.42. The largest absolute Gasteiger partial charge is 0.501 e. The Morgan fingerprint density at radius 1 is 1.50 bits per heavy atom. The zero-order valence-corrected chi connectivity index (χ0v) is 8.42. The Labute approximate surface area is 75.1 Å². The average molecular weight is 166 g/mol. The van der Waals surface area contributed by atoms with Crippen LogP contribution >= 0.6 is 0 Å². The van der Waals surface area contributed by atoms with E-state index in [1.807, 2.05) is 0 Å². The summed E-state index contributed by atoms with van der Waals surface area (Å²) in [6, 6.07) is 0. The van der Waals surface area contributed by atoms with E-state index in [1.165, 1.54) is 11.3 Å². The first kappa shape index (κ1) is 9.37. The van der Waals surface area contributed by atoms with Gasteiger partial charge < -0.3 is 4.74 Å². The molecule has 1 nitrogen and oxygen atoms in total. The Hall–Kier alpha value is -0.720. The molecular formula is C11H18O. The summed E-state index contributed by atoms with van der Waals surface area (Å²) in [5.41, 5.74) is 1.36. The van der Waals surface area contributed by atoms with Gasteiger partial charge in [-0.25, -0.2) is 0 Å². The standard InChI is InChI=1S/C11H18O/c1-8(2)10-6-5-9(3)7-11(10)12-4/h5-6,8-9H,7H2,1-4H3. The highest BCUT2D eigenvalue weighted by Gasteiger charge is 2.15. The molecule has 0 aromatic rings. The molecule has 0 fully saturated rings. The molecule has 0 radical (unpaired) electrons. The number of methoxy groups -OCH3 is 1. The van der Waals surface area contributed by atoms with Crippen molar-refractivity contribution < 1.29 is 4.74 Å². The maximum Gasteiger partial charge on any atom is 0.0995 e. The third-order valence-electron chi connectivity index (χ3n) is 2.30. The van der Waals surface area contributed by atoms with Gasteiger partial charge in [0.1, 0.15) is 0 Å². The molecule has 1 heteroatoms. The van der Waals surface area contributed by atoms with Gasteiger partial charge >= 0.3 is 0 Å². The second kappa shape index (κ2) is 3.79. The van der Waals surface area contributed by atoms with E-state index in [0.717, 1.165) is 6.42 Å². The molecule has 0 bridgehead atoms. The summed E-state index contributed by atoms with van der Waals surface area (Å²) in [5, 5.41) is 0. The van der Waals surface area contributed by atoms with Crippen molar-refractivity contribution in [2.24, 2.45) is 11.8 Å². The van der Waals surface area contributed by atoms with Crippen LogP contribution in [0.25, 0.3) is 0 Å². The summed E-state index contributed by atoms with van der Waals surface area (Å²) in [6.07, 6.45) is 5.52. The number of allylic oxidation sites excluding steroid dienone is 4. The third kappa shape index (κ3) is 1.90. The van der Waals surface area contributed by atoms with Crippen LogP contribution in [0.2, 0.25) is 0 Å². The first-order valence-electron chi connectivity index (χ1n) is 4.60. The fourth-order valence-corrected chi connectivity index (χ4v) is 1.55. The van der Waals surface area contributed by atoms with Crippen LogP contribution in [0, 0.1) is 11.8 Å². The van der Waals surface area contributed by atoms with Crippen molar-refractivity contribution in [3.63, 3.8) is 0 Å². The molecule has 1 unspecified atom stereocenters. The predicted octanol–water partition coefficient (Wildman–Crippen LogP) is 3.14. The molecule has 12 heavy (non-hydrogen) atoms. The molecule has 1 rings (SSSR count). The molecule has 68 valence electrons. The van der Waals surface area contributed by atoms with E-state index in [4.69, 9.17) is 4.74 Å². The molecule has 0 saturated carbocycles. The summed E-state index contributed by atoms with van der Waals surface area (Å²) in [7, 11) is 1.77. The topological polar surface area (TPSA) is 9.23 Å². The minimum absolute atomic E-state index is 0.573. The molecule has 0 aromatic heterocycles. The second-order valence-corrected chi connectivity index (χ2v) is 3.78. The zero-order chi connectivity index (χ0) is 9.14. The molecule has 0 spiro atoms. The van der Waals surface area contributed by atoms with E-state index < -0.39 is 0 Å². The summed E-state index contributed by atoms with van der Waals surface area (Å²) >= 11 is 0. The quantitative estimate of drug-likeness (QED) is 0.612. The number of hydrogen-bond donors (Lipinski definition) is 0. The van der Waals surface area contributed by atoms with Crippen molar-refractivity contribution in [2.75, 3.05) is 7.11 Å². The Balaban J connectivity index is 2.85. The van der Waals surface area contributed by atoms with Gasteiger partial charge in [-0.1, -0.05) is 32.9 Å². The molecule has 0 heterocycles. The van der Waals surface area contributed by atoms with Crippen LogP contribution in [0.3, 0.4) is 0 Å². The van der Waals surface area contributed by atoms with Gasteiger partial charge in [0.2, 0.25) is 0 Å². The molecule has 1 aliphatic rings. The van der Waals surface area contributed by atoms with Gasteiger partial charge in [0.25, 0.3) is 0 Å². The highest BCUT2D eigenvalue weighted by atomic mass is 16.5. The third-order valence-corrected chi connectivity index (χ3v) is 2.30. The van der Waals surface area contributed by atoms with E-state index in [0.29, 0.717) is 11.8 Å². The molecule has 0 amide bonds. The van der Waals surface area contributed by atoms with Crippen molar-refractivity contribution >= 4 is 0 Å². The van der Waals surface area contributed by atoms with E-state index in [9.17, 15) is 0 Å². The lowest BCUT2D eigenvalue weighted by molar-refractivity contribution is 0.259. The van der Waals surface area contributed by atoms with Gasteiger partial charge in [0.05, 0.1) is 12.9 Å². The molecule has 0 saturated heterocycles. The molecule has 0 N–H and O–H groups in total. The number of ether oxygens (including phenoxy) is 1. The average Bonchev–Trinajstić information content (AvgIpc) is 2.03. The van der Waals surface area contributed by atoms with E-state index in [1.54, 1.807) is 7.11 Å². The van der Waals surface area contributed by atoms with Gasteiger partial charge in [0.15, 0.2) is 0 Å². The van der Waals surface area contributed by atoms with Crippen LogP contribution in [0.5, 0.6) is 0 Å². The molecule has 0 aliphatic heterocycles. The van der Waals surface area contributed by atoms with Gasteiger partial charge in [0, 0.05) is 6.42 Å². The molecule has 1 aliphatic carbocycles. The lowest BCUT2D eigenvalue weighted by Crippen LogP contribution is -2.07. The fourth-order valence-electron chi connectivity index (χ4n) is 1.55. The van der Waals surface area contributed by atoms with Crippen molar-refractivity contribution in [1.29, 1.82) is 0 Å². The molecular weight excluding hydrogens is 148 g/mol. The van der Waals surface area contributed by atoms with Crippen molar-refractivity contribution in [3.8, 4) is 0 Å². The van der Waals surface area contributed by atoms with E-state index >= 15 is 0 Å². The SMILES string of the molecule is COC1=C(C(C)C)C=CC(C)C1. The normalized spacial score (nSPS) is 23.6. The second-order valence-electron chi connectivity index (χ2n) is 3.78. The highest BCUT2D eigenvalue weighted by Crippen LogP contribution is 2.27. The first-order valence-corrected chi connectivity index (χ1v) is 4.60. The summed E-state index contributed by atoms with van der Waals surface area (Å²) in [4.78, 5) is 0. The van der Waals surface area contributed by atoms with Gasteiger partial charge in [-0.15, -0.1) is 0 Å². The smallest absolute Gasteiger partial charge is 0.0995 e. The Morgan fingerprint density at radius 2 is 2.17 bits per heavy atom. The monoisotopic (exact) mass is 166 g/mol. The van der Waals surface area contributed by atoms with Crippen LogP contribution < -0.4 is 0 Å². The van der Waals surface area contributed by atoms with Gasteiger partial charge in [-0.3, -0.25) is 0 Å². The van der Waals surface area contributed by atoms with Crippen LogP contribution in [0.15, 0.2) is 23.5 Å². The lowest BCUT2D eigenvalue weighted by atomic mass is 9.91. The van der Waals surface area contributed by atoms with Crippen LogP contribution in [0.4, 0.5) is 0 Å². The summed E-state index contributed by atoms with van der Waals surface area (Å²) in [6.45, 7) is 6.62. The van der Waals surface area contributed by atoms with Crippen molar-refractivity contribution in [3.05, 3.63) is 23.5 Å². The first-order chi connectivity index (χ1) is 5.65. The number of rotatable bonds is 2. The highest BCUT2D eigenvalue weighted by molar-refractivity contribution is 5.28. The molecule has 1 atom stereocenters. The minimum atomic E-state index is 0.573. The van der Waals surface area contributed by atoms with E-state index in [-0.39, 0.29) is 0 Å². The van der Waals surface area contributed by atoms with E-state index in [2.05, 4.69) is 32.9 Å². The summed E-state index contributed by atoms with van der Waals surface area (Å²) in [5.74, 6) is 2.37. The van der Waals surface area contributed by atoms with Crippen molar-refractivity contribution in [2.45, 2.75) is 27.2 Å². The lowest BCUT2D eigenvalue weighted by Gasteiger charge is -2.20. The van der Waals surface area contributed by atoms with Crippen molar-refractivity contribution in [1.82, 2.24) is 0 Å². The molecule has 0 aromatic carbocycles. The summed E-state index contributed by atoms with van der Waals surface area (Å²) < 4.78 is 5.36. The van der Waals surface area contributed by atoms with Crippen LogP contribution in [0.1, 0.15) is 27.2 Å². The maximum absolute atomic E-state index is 5.36. The van der Waals surface area contributed by atoms with Gasteiger partial charge in [-0.2, -0.15) is 0 Å². The van der Waals surface area contributed by atoms with Crippen LogP contribution in [-0.4, -0.2) is 7.11 Å². The van der Waals surface area contributed by atoms with Crippen LogP contribution in [-0.2, 0) is 4.74 Å². The van der Waals surface area contributed by atoms with Gasteiger partial charge in [-0.05, 0) is 17.4 Å². The number of hydrogen-bond acceptors (Lipinski definition) is 1. The fraction of sp³-hybridized carbons (Fsp3) is 0.636. The Kier molecular flexibility index (Phi) is 2.96. The minimum Gasteiger partial charge on any atom is -0.501 e. The maximum atomic E-state index is 5.36. The Bertz CT molecular complexity index is 211. The predicted molar refractivity (Wildman–Crippen MR) is 51.8 cm³/mol. The Morgan fingerprint density at radius 3 is 2.67 bits per heavy atom.